The SMILES string of the molecule is CC[C@H](C)[C@H](N)C(=O)O.COc1cccc(CNCC(=O)O)c1OC.COc1cccc(CNCC(=O)OC[C@@H](N)C(=O)O)c1OC.NC(N)=NCCC[C@@H](N)C(=O)OC(=O)C[C@H](N)C(=O)O.N[C@@H](CC1CCCCC1)C(=O)O.N[C@@H](Cc1ccccc1)C(=O)O.N[C@H](Cc1ccccc1)C(=O)O. The van der Waals surface area contributed by atoms with Crippen molar-refractivity contribution in [2.75, 3.05) is 54.7 Å². The van der Waals surface area contributed by atoms with Crippen LogP contribution in [0.4, 0.5) is 0 Å². The van der Waals surface area contributed by atoms with Gasteiger partial charge in [0.15, 0.2) is 29.0 Å². The molecular formula is C68H106N12O23. The fourth-order valence-corrected chi connectivity index (χ4v) is 8.52. The third-order valence-corrected chi connectivity index (χ3v) is 14.5. The molecule has 0 heterocycles. The van der Waals surface area contributed by atoms with Gasteiger partial charge in [0.2, 0.25) is 0 Å². The number of aliphatic carboxylic acids is 7. The van der Waals surface area contributed by atoms with Crippen molar-refractivity contribution in [3.63, 3.8) is 0 Å². The van der Waals surface area contributed by atoms with E-state index < -0.39 is 108 Å². The Morgan fingerprint density at radius 3 is 1.32 bits per heavy atom. The smallest absolute Gasteiger partial charge is 0.330 e. The van der Waals surface area contributed by atoms with E-state index in [1.54, 1.807) is 26.4 Å². The number of carbonyl (C=O) groups is 10. The molecule has 27 N–H and O–H groups in total. The van der Waals surface area contributed by atoms with Crippen LogP contribution in [0, 0.1) is 11.8 Å². The van der Waals surface area contributed by atoms with Crippen LogP contribution in [-0.4, -0.2) is 198 Å². The standard InChI is InChI=1S/C14H20N2O6.C11H15NO4.C10H19N5O5.C9H17NO2.2C9H11NO2.C6H13NO2/c1-20-11-5-3-4-9(13(11)21-2)6-16-7-12(17)22-8-10(15)14(18)19;1-15-9-5-3-4-8(11(9)16-2)6-12-7-10(13)14;11-5(2-1-3-15-10(13)14)9(19)20-7(16)4-6(12)8(17)18;3*10-8(9(11)12)6-7-4-2-1-3-5-7;1-3-4(2)5(7)6(8)9/h3-5,10,16H,6-8,15H2,1-2H3,(H,18,19);3-5,12H,6-7H2,1-2H3,(H,13,14);5-6H,1-4,11-12H2,(H,17,18)(H4,13,14,15);7-8H,1-6,10H2,(H,11,12);2*1-5,8H,6,10H2,(H,11,12);4-5H,3,7H2,1-2H3,(H,8,9)/t10-;;5-,6+;3*8-;4-,5-/m1.10100/s1. The lowest BCUT2D eigenvalue weighted by atomic mass is 9.85. The van der Waals surface area contributed by atoms with E-state index in [2.05, 4.69) is 20.4 Å². The van der Waals surface area contributed by atoms with Crippen LogP contribution in [0.15, 0.2) is 102 Å². The predicted octanol–water partition coefficient (Wildman–Crippen LogP) is 0.961. The van der Waals surface area contributed by atoms with Crippen molar-refractivity contribution in [2.24, 2.45) is 68.4 Å². The quantitative estimate of drug-likeness (QED) is 0.0100. The average Bonchev–Trinajstić information content (AvgIpc) is 0.860. The number of ether oxygens (including phenoxy) is 6. The van der Waals surface area contributed by atoms with E-state index in [0.717, 1.165) is 28.7 Å². The molecule has 0 radical (unpaired) electrons. The molecule has 1 aliphatic rings. The largest absolute Gasteiger partial charge is 0.493 e. The van der Waals surface area contributed by atoms with Crippen LogP contribution < -0.4 is 81.2 Å². The minimum atomic E-state index is -1.42. The molecule has 5 rings (SSSR count). The zero-order valence-corrected chi connectivity index (χ0v) is 59.0. The maximum Gasteiger partial charge on any atom is 0.330 e. The third-order valence-electron chi connectivity index (χ3n) is 14.5. The number of nitrogens with one attached hydrogen (secondary N) is 2. The zero-order chi connectivity index (χ0) is 78.6. The van der Waals surface area contributed by atoms with Crippen molar-refractivity contribution in [1.29, 1.82) is 0 Å². The van der Waals surface area contributed by atoms with E-state index in [4.69, 9.17) is 111 Å². The fraction of sp³-hybridized carbons (Fsp3) is 0.485. The molecule has 0 bridgehead atoms. The molecule has 0 spiro atoms. The van der Waals surface area contributed by atoms with Gasteiger partial charge in [-0.3, -0.25) is 48.1 Å². The van der Waals surface area contributed by atoms with Crippen LogP contribution in [0.5, 0.6) is 23.0 Å². The maximum atomic E-state index is 11.4. The number of rotatable bonds is 35. The Labute approximate surface area is 598 Å². The van der Waals surface area contributed by atoms with Crippen molar-refractivity contribution in [3.05, 3.63) is 119 Å². The van der Waals surface area contributed by atoms with Gasteiger partial charge < -0.3 is 126 Å². The molecule has 0 saturated heterocycles. The van der Waals surface area contributed by atoms with E-state index in [1.165, 1.54) is 46.3 Å². The third kappa shape index (κ3) is 45.4. The van der Waals surface area contributed by atoms with Crippen LogP contribution >= 0.6 is 0 Å². The Hall–Kier alpha value is -10.1. The van der Waals surface area contributed by atoms with E-state index in [-0.39, 0.29) is 38.0 Å². The second-order valence-corrected chi connectivity index (χ2v) is 22.7. The molecule has 1 fully saturated rings. The highest BCUT2D eigenvalue weighted by Crippen LogP contribution is 2.32. The number of carboxylic acid groups (broad SMARTS) is 7. The number of nitrogens with two attached hydrogens (primary N) is 9. The van der Waals surface area contributed by atoms with E-state index in [1.807, 2.05) is 98.8 Å². The molecule has 0 unspecified atom stereocenters. The summed E-state index contributed by atoms with van der Waals surface area (Å²) in [6.45, 7) is 4.31. The maximum absolute atomic E-state index is 11.4. The van der Waals surface area contributed by atoms with Gasteiger partial charge in [-0.1, -0.05) is 137 Å². The molecule has 0 amide bonds. The summed E-state index contributed by atoms with van der Waals surface area (Å²) in [4.78, 5) is 110. The molecule has 0 aromatic heterocycles. The number of nitrogens with zero attached hydrogens (tertiary/aromatic N) is 1. The number of hydrogen-bond acceptors (Lipinski definition) is 26. The van der Waals surface area contributed by atoms with Crippen molar-refractivity contribution in [1.82, 2.24) is 10.6 Å². The minimum Gasteiger partial charge on any atom is -0.493 e. The van der Waals surface area contributed by atoms with Crippen LogP contribution in [0.1, 0.15) is 100 Å². The molecule has 4 aromatic carbocycles. The molecule has 1 aliphatic carbocycles. The lowest BCUT2D eigenvalue weighted by Crippen LogP contribution is -2.37. The summed E-state index contributed by atoms with van der Waals surface area (Å²) >= 11 is 0. The zero-order valence-electron chi connectivity index (χ0n) is 59.0. The molecule has 0 aliphatic heterocycles. The molecule has 576 valence electrons. The van der Waals surface area contributed by atoms with Crippen molar-refractivity contribution in [2.45, 2.75) is 146 Å². The molecule has 35 heteroatoms. The van der Waals surface area contributed by atoms with Gasteiger partial charge in [-0.15, -0.1) is 0 Å². The molecular weight excluding hydrogens is 1350 g/mol. The van der Waals surface area contributed by atoms with Crippen LogP contribution in [0.25, 0.3) is 0 Å². The monoisotopic (exact) mass is 1460 g/mol. The summed E-state index contributed by atoms with van der Waals surface area (Å²) in [7, 11) is 6.19. The van der Waals surface area contributed by atoms with Gasteiger partial charge in [0.25, 0.3) is 0 Å². The summed E-state index contributed by atoms with van der Waals surface area (Å²) in [5.74, 6) is -6.73. The highest BCUT2D eigenvalue weighted by molar-refractivity contribution is 5.90. The molecule has 103 heavy (non-hydrogen) atoms. The van der Waals surface area contributed by atoms with Gasteiger partial charge in [-0.25, -0.2) is 4.79 Å². The average molecular weight is 1460 g/mol. The Morgan fingerprint density at radius 2 is 0.951 bits per heavy atom. The number of methoxy groups -OCH3 is 4. The predicted molar refractivity (Wildman–Crippen MR) is 379 cm³/mol. The molecule has 4 aromatic rings. The molecule has 35 nitrogen and oxygen atoms in total. The Morgan fingerprint density at radius 1 is 0.515 bits per heavy atom. The van der Waals surface area contributed by atoms with Crippen LogP contribution in [0.3, 0.4) is 0 Å². The fourth-order valence-electron chi connectivity index (χ4n) is 8.52. The number of esters is 3. The van der Waals surface area contributed by atoms with Gasteiger partial charge >= 0.3 is 59.7 Å². The van der Waals surface area contributed by atoms with Gasteiger partial charge in [0.1, 0.15) is 48.9 Å². The second-order valence-electron chi connectivity index (χ2n) is 22.7. The van der Waals surface area contributed by atoms with Gasteiger partial charge in [-0.2, -0.15) is 0 Å². The highest BCUT2D eigenvalue weighted by Gasteiger charge is 2.24. The number of carboxylic acids is 7. The number of para-hydroxylation sites is 2. The van der Waals surface area contributed by atoms with Gasteiger partial charge in [0, 0.05) is 30.8 Å². The summed E-state index contributed by atoms with van der Waals surface area (Å²) in [6.07, 6.45) is 8.41. The highest BCUT2D eigenvalue weighted by atomic mass is 16.6. The minimum absolute atomic E-state index is 0.0704. The Kier molecular flexibility index (Phi) is 51.2. The molecule has 1 saturated carbocycles. The Balaban J connectivity index is 0. The topological polar surface area (TPSA) is 638 Å². The van der Waals surface area contributed by atoms with E-state index >= 15 is 0 Å². The second kappa shape index (κ2) is 55.6. The van der Waals surface area contributed by atoms with Crippen molar-refractivity contribution < 1.29 is 112 Å². The number of hydrogen-bond donors (Lipinski definition) is 18. The van der Waals surface area contributed by atoms with Crippen LogP contribution in [-0.2, 0) is 83.4 Å². The van der Waals surface area contributed by atoms with Crippen LogP contribution in [0.2, 0.25) is 0 Å². The molecule has 8 atom stereocenters. The Bertz CT molecular complexity index is 3120. The van der Waals surface area contributed by atoms with E-state index in [9.17, 15) is 47.9 Å². The number of guanidine groups is 1. The van der Waals surface area contributed by atoms with Gasteiger partial charge in [-0.05, 0) is 67.2 Å². The lowest BCUT2D eigenvalue weighted by Gasteiger charge is -2.22. The van der Waals surface area contributed by atoms with Crippen molar-refractivity contribution >= 4 is 65.7 Å². The summed E-state index contributed by atoms with van der Waals surface area (Å²) in [5, 5.41) is 65.2. The number of aliphatic imine (C=N–C) groups is 1. The number of benzene rings is 4. The first-order valence-corrected chi connectivity index (χ1v) is 32.3. The summed E-state index contributed by atoms with van der Waals surface area (Å²) in [5.41, 5.74) is 51.0. The lowest BCUT2D eigenvalue weighted by molar-refractivity contribution is -0.162. The first-order valence-electron chi connectivity index (χ1n) is 32.3. The summed E-state index contributed by atoms with van der Waals surface area (Å²) in [6, 6.07) is 23.0. The normalized spacial score (nSPS) is 13.5. The van der Waals surface area contributed by atoms with E-state index in [0.29, 0.717) is 74.2 Å². The summed E-state index contributed by atoms with van der Waals surface area (Å²) < 4.78 is 29.9. The van der Waals surface area contributed by atoms with Gasteiger partial charge in [0.05, 0.1) is 47.9 Å². The van der Waals surface area contributed by atoms with Crippen molar-refractivity contribution in [3.8, 4) is 23.0 Å². The number of carbonyl (C=O) groups excluding carboxylic acids is 3. The first kappa shape index (κ1) is 94.9. The first-order chi connectivity index (χ1) is 48.6.